The lowest BCUT2D eigenvalue weighted by Gasteiger charge is -2.35. The van der Waals surface area contributed by atoms with E-state index in [1.54, 1.807) is 10.6 Å². The lowest BCUT2D eigenvalue weighted by Crippen LogP contribution is -2.47. The van der Waals surface area contributed by atoms with Crippen molar-refractivity contribution < 1.29 is 5.11 Å². The fourth-order valence-corrected chi connectivity index (χ4v) is 4.01. The SMILES string of the molecule is C=C(/C=C(/CC)c1ncc(C)[nH]1)c1cc(=O)n2cc(N3CCN(CCO)CC3)ccc2n1. The second-order valence-corrected chi connectivity index (χ2v) is 8.11. The van der Waals surface area contributed by atoms with Crippen LogP contribution in [-0.4, -0.2) is 68.7 Å². The van der Waals surface area contributed by atoms with Gasteiger partial charge >= 0.3 is 0 Å². The predicted molar refractivity (Wildman–Crippen MR) is 128 cm³/mol. The van der Waals surface area contributed by atoms with E-state index in [-0.39, 0.29) is 12.2 Å². The zero-order valence-corrected chi connectivity index (χ0v) is 18.7. The Morgan fingerprint density at radius 2 is 2.06 bits per heavy atom. The molecule has 2 N–H and O–H groups in total. The van der Waals surface area contributed by atoms with Gasteiger partial charge in [0, 0.05) is 56.9 Å². The summed E-state index contributed by atoms with van der Waals surface area (Å²) in [6.07, 6.45) is 6.38. The third-order valence-corrected chi connectivity index (χ3v) is 5.86. The second kappa shape index (κ2) is 9.50. The molecule has 3 aromatic rings. The largest absolute Gasteiger partial charge is 0.395 e. The normalized spacial score (nSPS) is 15.5. The highest BCUT2D eigenvalue weighted by Gasteiger charge is 2.17. The van der Waals surface area contributed by atoms with Crippen LogP contribution in [0.4, 0.5) is 5.69 Å². The molecule has 8 nitrogen and oxygen atoms in total. The maximum atomic E-state index is 12.9. The second-order valence-electron chi connectivity index (χ2n) is 8.11. The standard InChI is InChI=1S/C24H30N6O2/c1-4-19(24-25-15-18(3)26-24)13-17(2)21-14-23(32)30-16-20(5-6-22(30)27-21)29-9-7-28(8-10-29)11-12-31/h5-6,13-16,31H,2,4,7-12H2,1,3H3,(H,25,26)/b19-13-. The zero-order valence-electron chi connectivity index (χ0n) is 18.7. The van der Waals surface area contributed by atoms with Crippen molar-refractivity contribution in [1.29, 1.82) is 0 Å². The molecule has 0 aliphatic carbocycles. The van der Waals surface area contributed by atoms with Crippen LogP contribution in [0.2, 0.25) is 0 Å². The summed E-state index contributed by atoms with van der Waals surface area (Å²) in [6.45, 7) is 12.6. The van der Waals surface area contributed by atoms with Crippen LogP contribution in [0.15, 0.2) is 48.0 Å². The molecule has 1 aliphatic heterocycles. The molecule has 32 heavy (non-hydrogen) atoms. The van der Waals surface area contributed by atoms with Gasteiger partial charge in [-0.25, -0.2) is 9.97 Å². The van der Waals surface area contributed by atoms with Gasteiger partial charge in [-0.05, 0) is 42.7 Å². The lowest BCUT2D eigenvalue weighted by molar-refractivity contribution is 0.189. The topological polar surface area (TPSA) is 89.8 Å². The maximum Gasteiger partial charge on any atom is 0.258 e. The number of anilines is 1. The Kier molecular flexibility index (Phi) is 6.53. The fourth-order valence-electron chi connectivity index (χ4n) is 4.01. The number of aryl methyl sites for hydroxylation is 1. The molecule has 0 aromatic carbocycles. The molecule has 0 atom stereocenters. The van der Waals surface area contributed by atoms with Gasteiger partial charge in [-0.15, -0.1) is 0 Å². The van der Waals surface area contributed by atoms with Crippen molar-refractivity contribution in [3.63, 3.8) is 0 Å². The van der Waals surface area contributed by atoms with Crippen LogP contribution in [0.3, 0.4) is 0 Å². The molecule has 1 fully saturated rings. The lowest BCUT2D eigenvalue weighted by atomic mass is 10.1. The van der Waals surface area contributed by atoms with Crippen molar-refractivity contribution in [1.82, 2.24) is 24.3 Å². The van der Waals surface area contributed by atoms with Gasteiger partial charge < -0.3 is 15.0 Å². The minimum absolute atomic E-state index is 0.132. The third-order valence-electron chi connectivity index (χ3n) is 5.86. The molecule has 1 saturated heterocycles. The molecular weight excluding hydrogens is 404 g/mol. The maximum absolute atomic E-state index is 12.9. The molecule has 0 amide bonds. The van der Waals surface area contributed by atoms with E-state index >= 15 is 0 Å². The number of β-amino-alcohol motifs (C(OH)–C–C–N with tert-alkyl or cyclic N) is 1. The number of nitrogens with one attached hydrogen (secondary N) is 1. The number of hydrogen-bond donors (Lipinski definition) is 2. The van der Waals surface area contributed by atoms with E-state index in [1.165, 1.54) is 6.07 Å². The summed E-state index contributed by atoms with van der Waals surface area (Å²) in [7, 11) is 0. The first-order valence-corrected chi connectivity index (χ1v) is 11.0. The number of fused-ring (bicyclic) bond motifs is 1. The fraction of sp³-hybridized carbons (Fsp3) is 0.375. The van der Waals surface area contributed by atoms with Crippen molar-refractivity contribution in [3.05, 3.63) is 70.8 Å². The van der Waals surface area contributed by atoms with Crippen molar-refractivity contribution in [3.8, 4) is 0 Å². The molecule has 4 heterocycles. The minimum Gasteiger partial charge on any atom is -0.395 e. The van der Waals surface area contributed by atoms with Crippen molar-refractivity contribution in [2.75, 3.05) is 44.2 Å². The van der Waals surface area contributed by atoms with Gasteiger partial charge in [0.15, 0.2) is 0 Å². The van der Waals surface area contributed by atoms with E-state index in [2.05, 4.69) is 38.3 Å². The van der Waals surface area contributed by atoms with E-state index in [1.807, 2.05) is 31.3 Å². The van der Waals surface area contributed by atoms with Gasteiger partial charge in [0.25, 0.3) is 5.56 Å². The number of aliphatic hydroxyl groups excluding tert-OH is 1. The highest BCUT2D eigenvalue weighted by atomic mass is 16.3. The van der Waals surface area contributed by atoms with Gasteiger partial charge in [-0.3, -0.25) is 14.1 Å². The molecule has 3 aromatic heterocycles. The van der Waals surface area contributed by atoms with E-state index in [0.29, 0.717) is 23.5 Å². The van der Waals surface area contributed by atoms with Gasteiger partial charge in [0.2, 0.25) is 0 Å². The Morgan fingerprint density at radius 1 is 1.28 bits per heavy atom. The number of imidazole rings is 1. The average molecular weight is 435 g/mol. The Labute approximate surface area is 187 Å². The van der Waals surface area contributed by atoms with Gasteiger partial charge in [-0.2, -0.15) is 0 Å². The quantitative estimate of drug-likeness (QED) is 0.555. The summed E-state index contributed by atoms with van der Waals surface area (Å²) in [5, 5.41) is 9.12. The summed E-state index contributed by atoms with van der Waals surface area (Å²) >= 11 is 0. The number of aromatic nitrogens is 4. The first-order valence-electron chi connectivity index (χ1n) is 11.0. The van der Waals surface area contributed by atoms with E-state index in [0.717, 1.165) is 55.4 Å². The number of rotatable bonds is 7. The van der Waals surface area contributed by atoms with Crippen molar-refractivity contribution in [2.45, 2.75) is 20.3 Å². The molecule has 0 radical (unpaired) electrons. The monoisotopic (exact) mass is 434 g/mol. The Bertz CT molecular complexity index is 1200. The van der Waals surface area contributed by atoms with E-state index in [4.69, 9.17) is 5.11 Å². The van der Waals surface area contributed by atoms with Crippen LogP contribution in [-0.2, 0) is 0 Å². The number of piperazine rings is 1. The third kappa shape index (κ3) is 4.66. The van der Waals surface area contributed by atoms with E-state index < -0.39 is 0 Å². The highest BCUT2D eigenvalue weighted by Crippen LogP contribution is 2.22. The van der Waals surface area contributed by atoms with Gasteiger partial charge in [0.1, 0.15) is 11.5 Å². The van der Waals surface area contributed by atoms with Crippen LogP contribution in [0.5, 0.6) is 0 Å². The number of nitrogens with zero attached hydrogens (tertiary/aromatic N) is 5. The highest BCUT2D eigenvalue weighted by molar-refractivity contribution is 5.80. The molecule has 0 bridgehead atoms. The summed E-state index contributed by atoms with van der Waals surface area (Å²) in [5.41, 5.74) is 4.72. The van der Waals surface area contributed by atoms with E-state index in [9.17, 15) is 4.79 Å². The molecule has 4 rings (SSSR count). The zero-order chi connectivity index (χ0) is 22.7. The Balaban J connectivity index is 1.58. The molecular formula is C24H30N6O2. The number of pyridine rings is 1. The Morgan fingerprint density at radius 3 is 2.72 bits per heavy atom. The smallest absolute Gasteiger partial charge is 0.258 e. The number of allylic oxidation sites excluding steroid dienone is 3. The van der Waals surface area contributed by atoms with Crippen LogP contribution in [0.1, 0.15) is 30.6 Å². The molecule has 8 heteroatoms. The molecule has 0 spiro atoms. The summed E-state index contributed by atoms with van der Waals surface area (Å²) in [5.74, 6) is 0.812. The van der Waals surface area contributed by atoms with Crippen LogP contribution in [0.25, 0.3) is 16.8 Å². The number of aromatic amines is 1. The first kappa shape index (κ1) is 22.0. The summed E-state index contributed by atoms with van der Waals surface area (Å²) < 4.78 is 1.59. The number of aliphatic hydroxyl groups is 1. The molecule has 0 saturated carbocycles. The predicted octanol–water partition coefficient (Wildman–Crippen LogP) is 2.35. The molecule has 1 aliphatic rings. The number of hydrogen-bond acceptors (Lipinski definition) is 6. The molecule has 168 valence electrons. The van der Waals surface area contributed by atoms with Crippen LogP contribution < -0.4 is 10.5 Å². The summed E-state index contributed by atoms with van der Waals surface area (Å²) in [6, 6.07) is 5.43. The Hall–Kier alpha value is -3.23. The van der Waals surface area contributed by atoms with Gasteiger partial charge in [0.05, 0.1) is 18.0 Å². The van der Waals surface area contributed by atoms with Crippen LogP contribution in [0, 0.1) is 6.92 Å². The van der Waals surface area contributed by atoms with Crippen molar-refractivity contribution >= 4 is 22.5 Å². The van der Waals surface area contributed by atoms with Gasteiger partial charge in [-0.1, -0.05) is 13.5 Å². The summed E-state index contributed by atoms with van der Waals surface area (Å²) in [4.78, 5) is 29.7. The average Bonchev–Trinajstić information content (AvgIpc) is 3.24. The van der Waals surface area contributed by atoms with Crippen molar-refractivity contribution in [2.24, 2.45) is 0 Å². The number of H-pyrrole nitrogens is 1. The first-order chi connectivity index (χ1) is 15.5. The molecule has 0 unspecified atom stereocenters. The van der Waals surface area contributed by atoms with Crippen LogP contribution >= 0.6 is 0 Å². The minimum atomic E-state index is -0.132.